The molecule has 5 heterocycles. The lowest BCUT2D eigenvalue weighted by Gasteiger charge is -2.55. The lowest BCUT2D eigenvalue weighted by atomic mass is 9.78. The molecule has 8 heteroatoms. The quantitative estimate of drug-likeness (QED) is 0.440. The number of nitrogens with zero attached hydrogens (tertiary/aromatic N) is 2. The molecule has 4 aliphatic heterocycles. The molecule has 2 atom stereocenters. The van der Waals surface area contributed by atoms with Gasteiger partial charge in [-0.2, -0.15) is 0 Å². The van der Waals surface area contributed by atoms with Gasteiger partial charge in [0, 0.05) is 48.3 Å². The van der Waals surface area contributed by atoms with Crippen LogP contribution in [0, 0.1) is 10.8 Å². The van der Waals surface area contributed by atoms with E-state index < -0.39 is 0 Å². The monoisotopic (exact) mass is 498 g/mol. The van der Waals surface area contributed by atoms with Gasteiger partial charge in [-0.3, -0.25) is 9.59 Å². The van der Waals surface area contributed by atoms with Gasteiger partial charge in [0.05, 0.1) is 48.7 Å². The van der Waals surface area contributed by atoms with Crippen LogP contribution in [0.15, 0.2) is 29.2 Å². The first-order valence-electron chi connectivity index (χ1n) is 12.3. The van der Waals surface area contributed by atoms with Gasteiger partial charge < -0.3 is 23.7 Å². The van der Waals surface area contributed by atoms with Crippen LogP contribution in [-0.2, 0) is 9.47 Å². The summed E-state index contributed by atoms with van der Waals surface area (Å²) in [6, 6.07) is 5.36. The van der Waals surface area contributed by atoms with Crippen molar-refractivity contribution in [3.63, 3.8) is 0 Å². The van der Waals surface area contributed by atoms with Gasteiger partial charge in [-0.15, -0.1) is 0 Å². The number of ether oxygens (including phenoxy) is 3. The summed E-state index contributed by atoms with van der Waals surface area (Å²) >= 11 is 6.66. The number of carbonyl (C=O) groups excluding carboxylic acids is 1. The van der Waals surface area contributed by atoms with Gasteiger partial charge in [0.2, 0.25) is 0 Å². The Bertz CT molecular complexity index is 1260. The predicted molar refractivity (Wildman–Crippen MR) is 132 cm³/mol. The zero-order valence-electron chi connectivity index (χ0n) is 20.4. The van der Waals surface area contributed by atoms with Crippen LogP contribution in [0.1, 0.15) is 55.3 Å². The van der Waals surface area contributed by atoms with Crippen LogP contribution in [-0.4, -0.2) is 61.3 Å². The maximum Gasteiger partial charge on any atom is 0.192 e. The summed E-state index contributed by atoms with van der Waals surface area (Å²) in [5.74, 6) is 0.404. The van der Waals surface area contributed by atoms with Crippen LogP contribution >= 0.6 is 11.6 Å². The van der Waals surface area contributed by atoms with Gasteiger partial charge in [-0.1, -0.05) is 25.4 Å². The van der Waals surface area contributed by atoms with Crippen molar-refractivity contribution in [2.75, 3.05) is 46.1 Å². The molecule has 6 rings (SSSR count). The Morgan fingerprint density at radius 2 is 1.97 bits per heavy atom. The van der Waals surface area contributed by atoms with E-state index in [0.717, 1.165) is 56.1 Å². The fraction of sp³-hybridized carbons (Fsp3) is 0.556. The van der Waals surface area contributed by atoms with Crippen LogP contribution in [0.3, 0.4) is 0 Å². The van der Waals surface area contributed by atoms with Crippen molar-refractivity contribution >= 4 is 17.4 Å². The van der Waals surface area contributed by atoms with E-state index in [1.807, 2.05) is 16.7 Å². The standard InChI is InChI=1S/C27H31ClN2O5/c1-16(31)19-10-30-21(9-22(19)32)17-7-20(28)23(8-18(17)24-25(30)26(2,3)13-35-24)34-6-4-5-29-11-27(12-29)14-33-15-27/h7-10,24-25H,4-6,11-15H2,1-3H3/t24-,25+/m1/s1. The van der Waals surface area contributed by atoms with Crippen LogP contribution in [0.4, 0.5) is 0 Å². The lowest BCUT2D eigenvalue weighted by molar-refractivity contribution is -0.189. The molecule has 1 aromatic heterocycles. The molecule has 0 aliphatic carbocycles. The van der Waals surface area contributed by atoms with E-state index in [4.69, 9.17) is 25.8 Å². The first kappa shape index (κ1) is 23.2. The third-order valence-electron chi connectivity index (χ3n) is 7.98. The van der Waals surface area contributed by atoms with Crippen molar-refractivity contribution in [2.45, 2.75) is 39.3 Å². The van der Waals surface area contributed by atoms with E-state index in [-0.39, 0.29) is 34.3 Å². The lowest BCUT2D eigenvalue weighted by Crippen LogP contribution is -2.65. The Hall–Kier alpha value is -2.19. The van der Waals surface area contributed by atoms with E-state index >= 15 is 0 Å². The van der Waals surface area contributed by atoms with Crippen LogP contribution in [0.2, 0.25) is 5.02 Å². The Balaban J connectivity index is 1.26. The number of Topliss-reactive ketones (excluding diaryl/α,β-unsaturated/α-hetero) is 1. The minimum absolute atomic E-state index is 0.0491. The molecule has 0 radical (unpaired) electrons. The summed E-state index contributed by atoms with van der Waals surface area (Å²) in [7, 11) is 0. The highest BCUT2D eigenvalue weighted by molar-refractivity contribution is 6.32. The third kappa shape index (κ3) is 3.75. The zero-order valence-corrected chi connectivity index (χ0v) is 21.2. The Kier molecular flexibility index (Phi) is 5.42. The van der Waals surface area contributed by atoms with Crippen LogP contribution in [0.25, 0.3) is 11.3 Å². The second kappa shape index (κ2) is 8.17. The van der Waals surface area contributed by atoms with Gasteiger partial charge in [0.15, 0.2) is 11.2 Å². The molecule has 3 fully saturated rings. The largest absolute Gasteiger partial charge is 0.492 e. The van der Waals surface area contributed by atoms with E-state index in [2.05, 4.69) is 18.7 Å². The maximum absolute atomic E-state index is 12.7. The first-order valence-corrected chi connectivity index (χ1v) is 12.7. The fourth-order valence-electron chi connectivity index (χ4n) is 6.17. The maximum atomic E-state index is 12.7. The summed E-state index contributed by atoms with van der Waals surface area (Å²) in [4.78, 5) is 27.3. The number of pyridine rings is 1. The fourth-order valence-corrected chi connectivity index (χ4v) is 6.39. The number of ketones is 1. The molecule has 186 valence electrons. The van der Waals surface area contributed by atoms with Crippen molar-refractivity contribution in [3.8, 4) is 17.0 Å². The molecule has 1 aromatic carbocycles. The normalized spacial score (nSPS) is 25.3. The second-order valence-electron chi connectivity index (χ2n) is 11.3. The SMILES string of the molecule is CC(=O)c1cn2c(cc1=O)-c1cc(Cl)c(OCCCN3CC4(COC4)C3)cc1[C@H]1OCC(C)(C)[C@H]12. The molecule has 0 saturated carbocycles. The predicted octanol–water partition coefficient (Wildman–Crippen LogP) is 4.12. The molecule has 4 aliphatic rings. The van der Waals surface area contributed by atoms with Gasteiger partial charge in [0.25, 0.3) is 0 Å². The number of aromatic nitrogens is 1. The molecule has 0 unspecified atom stereocenters. The molecule has 35 heavy (non-hydrogen) atoms. The summed E-state index contributed by atoms with van der Waals surface area (Å²) in [5.41, 5.74) is 2.76. The van der Waals surface area contributed by atoms with E-state index in [1.54, 1.807) is 12.3 Å². The zero-order chi connectivity index (χ0) is 24.5. The topological polar surface area (TPSA) is 70.0 Å². The summed E-state index contributed by atoms with van der Waals surface area (Å²) in [5, 5.41) is 0.503. The van der Waals surface area contributed by atoms with Gasteiger partial charge in [-0.25, -0.2) is 0 Å². The number of hydrogen-bond donors (Lipinski definition) is 0. The average molecular weight is 499 g/mol. The first-order chi connectivity index (χ1) is 16.7. The number of rotatable bonds is 6. The third-order valence-corrected chi connectivity index (χ3v) is 8.27. The van der Waals surface area contributed by atoms with Crippen LogP contribution < -0.4 is 10.2 Å². The molecule has 7 nitrogen and oxygen atoms in total. The highest BCUT2D eigenvalue weighted by atomic mass is 35.5. The molecule has 2 aromatic rings. The minimum Gasteiger partial charge on any atom is -0.492 e. The molecule has 3 saturated heterocycles. The van der Waals surface area contributed by atoms with Crippen molar-refractivity contribution in [3.05, 3.63) is 50.8 Å². The number of fused-ring (bicyclic) bond motifs is 6. The second-order valence-corrected chi connectivity index (χ2v) is 11.7. The average Bonchev–Trinajstić information content (AvgIpc) is 3.06. The number of benzene rings is 1. The van der Waals surface area contributed by atoms with Crippen molar-refractivity contribution in [2.24, 2.45) is 10.8 Å². The molecule has 1 spiro atoms. The summed E-state index contributed by atoms with van der Waals surface area (Å²) in [6.45, 7) is 11.9. The smallest absolute Gasteiger partial charge is 0.192 e. The van der Waals surface area contributed by atoms with E-state index in [9.17, 15) is 9.59 Å². The summed E-state index contributed by atoms with van der Waals surface area (Å²) < 4.78 is 19.8. The highest BCUT2D eigenvalue weighted by Gasteiger charge is 2.49. The summed E-state index contributed by atoms with van der Waals surface area (Å²) in [6.07, 6.45) is 2.41. The van der Waals surface area contributed by atoms with Crippen LogP contribution in [0.5, 0.6) is 5.75 Å². The van der Waals surface area contributed by atoms with Gasteiger partial charge in [0.1, 0.15) is 11.9 Å². The number of likely N-dealkylation sites (tertiary alicyclic amines) is 1. The Morgan fingerprint density at radius 1 is 1.20 bits per heavy atom. The molecular formula is C27H31ClN2O5. The number of hydrogen-bond acceptors (Lipinski definition) is 6. The van der Waals surface area contributed by atoms with Gasteiger partial charge in [-0.05, 0) is 31.0 Å². The molecule has 0 bridgehead atoms. The molecule has 0 N–H and O–H groups in total. The van der Waals surface area contributed by atoms with Crippen molar-refractivity contribution in [1.82, 2.24) is 9.47 Å². The van der Waals surface area contributed by atoms with E-state index in [0.29, 0.717) is 29.4 Å². The van der Waals surface area contributed by atoms with Crippen molar-refractivity contribution in [1.29, 1.82) is 0 Å². The highest BCUT2D eigenvalue weighted by Crippen LogP contribution is 2.56. The van der Waals surface area contributed by atoms with E-state index in [1.165, 1.54) is 6.92 Å². The molecule has 0 amide bonds. The molecular weight excluding hydrogens is 468 g/mol. The Morgan fingerprint density at radius 3 is 2.66 bits per heavy atom. The van der Waals surface area contributed by atoms with Crippen molar-refractivity contribution < 1.29 is 19.0 Å². The number of carbonyl (C=O) groups is 1. The van der Waals surface area contributed by atoms with Gasteiger partial charge >= 0.3 is 0 Å². The number of halogens is 1. The minimum atomic E-state index is -0.275. The Labute approximate surface area is 209 Å².